The van der Waals surface area contributed by atoms with Gasteiger partial charge < -0.3 is 9.64 Å². The van der Waals surface area contributed by atoms with Gasteiger partial charge in [0.2, 0.25) is 15.9 Å². The van der Waals surface area contributed by atoms with Crippen molar-refractivity contribution in [2.45, 2.75) is 31.7 Å². The van der Waals surface area contributed by atoms with Gasteiger partial charge in [0.15, 0.2) is 0 Å². The number of nitrogens with zero attached hydrogens (tertiary/aromatic N) is 2. The van der Waals surface area contributed by atoms with E-state index in [1.165, 1.54) is 17.7 Å². The van der Waals surface area contributed by atoms with Crippen LogP contribution in [0.2, 0.25) is 0 Å². The maximum absolute atomic E-state index is 12.5. The van der Waals surface area contributed by atoms with Crippen molar-refractivity contribution < 1.29 is 22.7 Å². The third kappa shape index (κ3) is 3.55. The molecule has 2 aliphatic heterocycles. The van der Waals surface area contributed by atoms with E-state index in [9.17, 15) is 18.0 Å². The fraction of sp³-hybridized carbons (Fsp3) is 0.846. The summed E-state index contributed by atoms with van der Waals surface area (Å²) in [4.78, 5) is 25.8. The van der Waals surface area contributed by atoms with Gasteiger partial charge in [0.05, 0.1) is 13.4 Å². The molecule has 1 amide bonds. The Labute approximate surface area is 125 Å². The van der Waals surface area contributed by atoms with Crippen LogP contribution in [0.3, 0.4) is 0 Å². The van der Waals surface area contributed by atoms with Gasteiger partial charge in [-0.25, -0.2) is 17.5 Å². The summed E-state index contributed by atoms with van der Waals surface area (Å²) in [6.45, 7) is 1.31. The first-order chi connectivity index (χ1) is 9.84. The Morgan fingerprint density at radius 2 is 1.71 bits per heavy atom. The van der Waals surface area contributed by atoms with Crippen LogP contribution in [0, 0.1) is 5.92 Å². The first kappa shape index (κ1) is 16.2. The van der Waals surface area contributed by atoms with Crippen molar-refractivity contribution >= 4 is 21.9 Å². The fourth-order valence-electron chi connectivity index (χ4n) is 3.08. The summed E-state index contributed by atoms with van der Waals surface area (Å²) in [5.74, 6) is -0.612. The minimum absolute atomic E-state index is 0.0453. The lowest BCUT2D eigenvalue weighted by molar-refractivity contribution is -0.152. The van der Waals surface area contributed by atoms with Gasteiger partial charge in [-0.3, -0.25) is 4.79 Å². The molecule has 8 heteroatoms. The Kier molecular flexibility index (Phi) is 4.88. The molecule has 2 aliphatic rings. The van der Waals surface area contributed by atoms with E-state index in [0.717, 1.165) is 6.42 Å². The van der Waals surface area contributed by atoms with Crippen molar-refractivity contribution in [2.75, 3.05) is 33.0 Å². The minimum atomic E-state index is -3.19. The Morgan fingerprint density at radius 1 is 1.10 bits per heavy atom. The van der Waals surface area contributed by atoms with Gasteiger partial charge in [-0.15, -0.1) is 0 Å². The summed E-state index contributed by atoms with van der Waals surface area (Å²) < 4.78 is 29.1. The number of likely N-dealkylation sites (tertiary alicyclic amines) is 1. The molecule has 0 aromatic heterocycles. The van der Waals surface area contributed by atoms with Crippen LogP contribution < -0.4 is 0 Å². The Bertz CT molecular complexity index is 511. The van der Waals surface area contributed by atoms with Gasteiger partial charge in [0.25, 0.3) is 0 Å². The smallest absolute Gasteiger partial charge is 0.328 e. The number of ether oxygens (including phenoxy) is 1. The number of methoxy groups -OCH3 is 1. The van der Waals surface area contributed by atoms with Gasteiger partial charge in [-0.2, -0.15) is 0 Å². The molecule has 0 saturated carbocycles. The van der Waals surface area contributed by atoms with Crippen LogP contribution in [0.4, 0.5) is 0 Å². The van der Waals surface area contributed by atoms with Crippen molar-refractivity contribution in [3.63, 3.8) is 0 Å². The number of hydrogen-bond acceptors (Lipinski definition) is 5. The van der Waals surface area contributed by atoms with Crippen LogP contribution in [0.1, 0.15) is 25.7 Å². The zero-order valence-corrected chi connectivity index (χ0v) is 13.3. The fourth-order valence-corrected chi connectivity index (χ4v) is 3.95. The summed E-state index contributed by atoms with van der Waals surface area (Å²) in [7, 11) is -1.86. The minimum Gasteiger partial charge on any atom is -0.467 e. The highest BCUT2D eigenvalue weighted by atomic mass is 32.2. The highest BCUT2D eigenvalue weighted by Crippen LogP contribution is 2.26. The number of carbonyl (C=O) groups is 2. The van der Waals surface area contributed by atoms with Crippen LogP contribution in [0.25, 0.3) is 0 Å². The standard InChI is InChI=1S/C13H22N2O5S/c1-20-13(17)11-4-3-7-15(11)12(16)10-5-8-14(9-6-10)21(2,18)19/h10-11H,3-9H2,1-2H3/t11-/m0/s1. The predicted octanol–water partition coefficient (Wildman–Crippen LogP) is -0.178. The van der Waals surface area contributed by atoms with E-state index in [1.54, 1.807) is 4.90 Å². The lowest BCUT2D eigenvalue weighted by Gasteiger charge is -2.33. The molecular formula is C13H22N2O5S. The number of piperidine rings is 1. The van der Waals surface area contributed by atoms with Crippen LogP contribution in [-0.4, -0.2) is 68.5 Å². The van der Waals surface area contributed by atoms with Gasteiger partial charge in [0, 0.05) is 25.6 Å². The molecule has 0 N–H and O–H groups in total. The quantitative estimate of drug-likeness (QED) is 0.674. The lowest BCUT2D eigenvalue weighted by Crippen LogP contribution is -2.47. The molecule has 0 aromatic rings. The summed E-state index contributed by atoms with van der Waals surface area (Å²) in [6.07, 6.45) is 3.64. The number of rotatable bonds is 3. The average Bonchev–Trinajstić information content (AvgIpc) is 2.94. The van der Waals surface area contributed by atoms with E-state index in [1.807, 2.05) is 0 Å². The predicted molar refractivity (Wildman–Crippen MR) is 75.9 cm³/mol. The normalized spacial score (nSPS) is 25.0. The van der Waals surface area contributed by atoms with Crippen molar-refractivity contribution in [1.29, 1.82) is 0 Å². The summed E-state index contributed by atoms with van der Waals surface area (Å²) in [5.41, 5.74) is 0. The molecule has 0 aromatic carbocycles. The van der Waals surface area contributed by atoms with Gasteiger partial charge in [-0.1, -0.05) is 0 Å². The van der Waals surface area contributed by atoms with Crippen LogP contribution in [0.5, 0.6) is 0 Å². The van der Waals surface area contributed by atoms with E-state index in [-0.39, 0.29) is 17.8 Å². The highest BCUT2D eigenvalue weighted by molar-refractivity contribution is 7.88. The second kappa shape index (κ2) is 6.31. The first-order valence-corrected chi connectivity index (χ1v) is 9.03. The maximum Gasteiger partial charge on any atom is 0.328 e. The molecule has 21 heavy (non-hydrogen) atoms. The van der Waals surface area contributed by atoms with Crippen LogP contribution in [-0.2, 0) is 24.3 Å². The topological polar surface area (TPSA) is 84.0 Å². The molecule has 2 fully saturated rings. The molecule has 1 atom stereocenters. The van der Waals surface area contributed by atoms with Crippen molar-refractivity contribution in [2.24, 2.45) is 5.92 Å². The molecule has 2 heterocycles. The molecule has 0 unspecified atom stereocenters. The average molecular weight is 318 g/mol. The molecule has 0 spiro atoms. The molecule has 0 bridgehead atoms. The second-order valence-corrected chi connectivity index (χ2v) is 7.63. The van der Waals surface area contributed by atoms with E-state index < -0.39 is 16.1 Å². The number of carbonyl (C=O) groups excluding carboxylic acids is 2. The van der Waals surface area contributed by atoms with Crippen molar-refractivity contribution in [3.05, 3.63) is 0 Å². The van der Waals surface area contributed by atoms with Gasteiger partial charge >= 0.3 is 5.97 Å². The van der Waals surface area contributed by atoms with E-state index in [4.69, 9.17) is 4.74 Å². The molecule has 120 valence electrons. The first-order valence-electron chi connectivity index (χ1n) is 7.18. The van der Waals surface area contributed by atoms with Crippen LogP contribution in [0.15, 0.2) is 0 Å². The van der Waals surface area contributed by atoms with E-state index in [0.29, 0.717) is 38.9 Å². The van der Waals surface area contributed by atoms with E-state index in [2.05, 4.69) is 0 Å². The molecule has 2 saturated heterocycles. The molecule has 2 rings (SSSR count). The zero-order chi connectivity index (χ0) is 15.6. The number of amides is 1. The highest BCUT2D eigenvalue weighted by Gasteiger charge is 2.39. The third-order valence-electron chi connectivity index (χ3n) is 4.28. The van der Waals surface area contributed by atoms with Gasteiger partial charge in [-0.05, 0) is 25.7 Å². The van der Waals surface area contributed by atoms with Gasteiger partial charge in [0.1, 0.15) is 6.04 Å². The Balaban J connectivity index is 1.97. The monoisotopic (exact) mass is 318 g/mol. The van der Waals surface area contributed by atoms with Crippen LogP contribution >= 0.6 is 0 Å². The third-order valence-corrected chi connectivity index (χ3v) is 5.58. The summed E-state index contributed by atoms with van der Waals surface area (Å²) in [6, 6.07) is -0.476. The zero-order valence-electron chi connectivity index (χ0n) is 12.4. The number of esters is 1. The summed E-state index contributed by atoms with van der Waals surface area (Å²) in [5, 5.41) is 0. The van der Waals surface area contributed by atoms with Crippen molar-refractivity contribution in [1.82, 2.24) is 9.21 Å². The Hall–Kier alpha value is -1.15. The summed E-state index contributed by atoms with van der Waals surface area (Å²) >= 11 is 0. The largest absolute Gasteiger partial charge is 0.467 e. The second-order valence-electron chi connectivity index (χ2n) is 5.65. The van der Waals surface area contributed by atoms with Crippen molar-refractivity contribution in [3.8, 4) is 0 Å². The SMILES string of the molecule is COC(=O)[C@@H]1CCCN1C(=O)C1CCN(S(C)(=O)=O)CC1. The molecule has 0 radical (unpaired) electrons. The number of sulfonamides is 1. The van der Waals surface area contributed by atoms with E-state index >= 15 is 0 Å². The molecule has 0 aliphatic carbocycles. The lowest BCUT2D eigenvalue weighted by atomic mass is 9.96. The maximum atomic E-state index is 12.5. The number of hydrogen-bond donors (Lipinski definition) is 0. The Morgan fingerprint density at radius 3 is 2.24 bits per heavy atom. The molecule has 7 nitrogen and oxygen atoms in total. The molecular weight excluding hydrogens is 296 g/mol.